The molecular weight excluding hydrogens is 248 g/mol. The Kier molecular flexibility index (Phi) is 4.12. The van der Waals surface area contributed by atoms with Gasteiger partial charge in [0.15, 0.2) is 0 Å². The molecule has 4 heteroatoms. The lowest BCUT2D eigenvalue weighted by molar-refractivity contribution is 0.0742. The highest BCUT2D eigenvalue weighted by atomic mass is 35.5. The van der Waals surface area contributed by atoms with Gasteiger partial charge in [0.2, 0.25) is 0 Å². The molecule has 1 aliphatic carbocycles. The van der Waals surface area contributed by atoms with Crippen molar-refractivity contribution in [3.8, 4) is 0 Å². The Morgan fingerprint density at radius 2 is 2.22 bits per heavy atom. The molecule has 2 rings (SSSR count). The number of nitrogens with zero attached hydrogens (tertiary/aromatic N) is 1. The van der Waals surface area contributed by atoms with E-state index in [9.17, 15) is 4.79 Å². The molecule has 0 aliphatic heterocycles. The summed E-state index contributed by atoms with van der Waals surface area (Å²) in [6.45, 7) is 2.92. The number of amides is 1. The minimum atomic E-state index is -0.0194. The summed E-state index contributed by atoms with van der Waals surface area (Å²) in [5, 5.41) is 0.446. The molecule has 0 bridgehead atoms. The second-order valence-corrected chi connectivity index (χ2v) is 5.19. The van der Waals surface area contributed by atoms with Crippen LogP contribution >= 0.6 is 11.6 Å². The van der Waals surface area contributed by atoms with Gasteiger partial charge in [-0.15, -0.1) is 0 Å². The van der Waals surface area contributed by atoms with Crippen LogP contribution in [-0.2, 0) is 0 Å². The Bertz CT molecular complexity index is 423. The lowest BCUT2D eigenvalue weighted by Crippen LogP contribution is -2.34. The first kappa shape index (κ1) is 13.2. The third kappa shape index (κ3) is 2.78. The first-order valence-electron chi connectivity index (χ1n) is 6.50. The molecule has 0 spiro atoms. The number of hydrogen-bond donors (Lipinski definition) is 1. The van der Waals surface area contributed by atoms with Crippen LogP contribution < -0.4 is 5.73 Å². The topological polar surface area (TPSA) is 46.3 Å². The van der Waals surface area contributed by atoms with Crippen LogP contribution in [0.1, 0.15) is 43.0 Å². The molecule has 0 atom stereocenters. The molecule has 0 heterocycles. The van der Waals surface area contributed by atoms with Crippen LogP contribution in [0, 0.1) is 0 Å². The summed E-state index contributed by atoms with van der Waals surface area (Å²) in [7, 11) is 0. The van der Waals surface area contributed by atoms with Crippen LogP contribution in [0.2, 0.25) is 5.02 Å². The molecule has 18 heavy (non-hydrogen) atoms. The number of nitrogens with two attached hydrogens (primary N) is 1. The summed E-state index contributed by atoms with van der Waals surface area (Å²) in [6, 6.07) is 5.60. The summed E-state index contributed by atoms with van der Waals surface area (Å²) < 4.78 is 0. The average Bonchev–Trinajstić information content (AvgIpc) is 3.14. The minimum Gasteiger partial charge on any atom is -0.398 e. The number of halogens is 1. The van der Waals surface area contributed by atoms with Gasteiger partial charge in [0.1, 0.15) is 0 Å². The monoisotopic (exact) mass is 266 g/mol. The van der Waals surface area contributed by atoms with Crippen molar-refractivity contribution in [2.45, 2.75) is 38.6 Å². The van der Waals surface area contributed by atoms with E-state index in [0.717, 1.165) is 32.2 Å². The third-order valence-corrected chi connectivity index (χ3v) is 3.58. The molecule has 0 aromatic heterocycles. The molecule has 1 fully saturated rings. The number of carbonyl (C=O) groups excluding carboxylic acids is 1. The maximum atomic E-state index is 12.5. The normalized spacial score (nSPS) is 14.6. The van der Waals surface area contributed by atoms with Crippen molar-refractivity contribution in [1.82, 2.24) is 4.90 Å². The quantitative estimate of drug-likeness (QED) is 0.831. The van der Waals surface area contributed by atoms with Crippen LogP contribution in [0.15, 0.2) is 18.2 Å². The van der Waals surface area contributed by atoms with Gasteiger partial charge in [0.25, 0.3) is 5.91 Å². The zero-order valence-corrected chi connectivity index (χ0v) is 11.4. The van der Waals surface area contributed by atoms with Gasteiger partial charge in [0.05, 0.1) is 10.6 Å². The first-order valence-corrected chi connectivity index (χ1v) is 6.88. The van der Waals surface area contributed by atoms with Crippen molar-refractivity contribution < 1.29 is 4.79 Å². The summed E-state index contributed by atoms with van der Waals surface area (Å²) in [6.07, 6.45) is 4.29. The van der Waals surface area contributed by atoms with Gasteiger partial charge in [-0.25, -0.2) is 0 Å². The van der Waals surface area contributed by atoms with Crippen molar-refractivity contribution in [1.29, 1.82) is 0 Å². The first-order chi connectivity index (χ1) is 8.65. The molecule has 1 aliphatic rings. The van der Waals surface area contributed by atoms with Gasteiger partial charge in [-0.05, 0) is 31.4 Å². The van der Waals surface area contributed by atoms with Gasteiger partial charge in [-0.2, -0.15) is 0 Å². The van der Waals surface area contributed by atoms with E-state index >= 15 is 0 Å². The summed E-state index contributed by atoms with van der Waals surface area (Å²) in [4.78, 5) is 14.5. The largest absolute Gasteiger partial charge is 0.398 e. The number of benzene rings is 1. The fourth-order valence-electron chi connectivity index (χ4n) is 2.07. The number of unbranched alkanes of at least 4 members (excludes halogenated alkanes) is 1. The van der Waals surface area contributed by atoms with E-state index < -0.39 is 0 Å². The third-order valence-electron chi connectivity index (χ3n) is 3.26. The lowest BCUT2D eigenvalue weighted by Gasteiger charge is -2.23. The Morgan fingerprint density at radius 1 is 1.50 bits per heavy atom. The maximum absolute atomic E-state index is 12.5. The van der Waals surface area contributed by atoms with Crippen LogP contribution in [0.5, 0.6) is 0 Å². The van der Waals surface area contributed by atoms with E-state index in [4.69, 9.17) is 17.3 Å². The predicted octanol–water partition coefficient (Wildman–Crippen LogP) is 3.33. The fraction of sp³-hybridized carbons (Fsp3) is 0.500. The Labute approximate surface area is 113 Å². The van der Waals surface area contributed by atoms with Crippen molar-refractivity contribution >= 4 is 23.2 Å². The van der Waals surface area contributed by atoms with E-state index in [2.05, 4.69) is 6.92 Å². The number of anilines is 1. The van der Waals surface area contributed by atoms with Crippen molar-refractivity contribution in [2.24, 2.45) is 0 Å². The zero-order chi connectivity index (χ0) is 13.1. The van der Waals surface area contributed by atoms with E-state index in [1.807, 2.05) is 4.90 Å². The summed E-state index contributed by atoms with van der Waals surface area (Å²) in [5.74, 6) is -0.0194. The Balaban J connectivity index is 2.22. The van der Waals surface area contributed by atoms with Crippen molar-refractivity contribution in [3.63, 3.8) is 0 Å². The molecule has 0 unspecified atom stereocenters. The second kappa shape index (κ2) is 5.61. The molecule has 0 radical (unpaired) electrons. The van der Waals surface area contributed by atoms with Crippen LogP contribution in [0.3, 0.4) is 0 Å². The molecular formula is C14H19ClN2O. The van der Waals surface area contributed by atoms with Crippen molar-refractivity contribution in [2.75, 3.05) is 12.3 Å². The second-order valence-electron chi connectivity index (χ2n) is 4.79. The minimum absolute atomic E-state index is 0.0194. The highest BCUT2D eigenvalue weighted by molar-refractivity contribution is 6.34. The predicted molar refractivity (Wildman–Crippen MR) is 74.8 cm³/mol. The van der Waals surface area contributed by atoms with E-state index in [1.54, 1.807) is 18.2 Å². The standard InChI is InChI=1S/C14H19ClN2O/c1-2-3-9-17(10-7-8-10)14(18)13-11(15)5-4-6-12(13)16/h4-6,10H,2-3,7-9,16H2,1H3. The molecule has 2 N–H and O–H groups in total. The fourth-order valence-corrected chi connectivity index (χ4v) is 2.34. The van der Waals surface area contributed by atoms with Crippen LogP contribution in [-0.4, -0.2) is 23.4 Å². The average molecular weight is 267 g/mol. The number of hydrogen-bond acceptors (Lipinski definition) is 2. The van der Waals surface area contributed by atoms with Crippen LogP contribution in [0.25, 0.3) is 0 Å². The van der Waals surface area contributed by atoms with E-state index in [-0.39, 0.29) is 5.91 Å². The zero-order valence-electron chi connectivity index (χ0n) is 10.7. The molecule has 1 amide bonds. The number of rotatable bonds is 5. The molecule has 0 saturated heterocycles. The van der Waals surface area contributed by atoms with Gasteiger partial charge < -0.3 is 10.6 Å². The SMILES string of the molecule is CCCCN(C(=O)c1c(N)cccc1Cl)C1CC1. The molecule has 98 valence electrons. The molecule has 1 aromatic carbocycles. The lowest BCUT2D eigenvalue weighted by atomic mass is 10.1. The maximum Gasteiger partial charge on any atom is 0.257 e. The van der Waals surface area contributed by atoms with E-state index in [1.165, 1.54) is 0 Å². The number of nitrogen functional groups attached to an aromatic ring is 1. The van der Waals surface area contributed by atoms with Gasteiger partial charge in [-0.3, -0.25) is 4.79 Å². The van der Waals surface area contributed by atoms with Gasteiger partial charge in [-0.1, -0.05) is 31.0 Å². The van der Waals surface area contributed by atoms with Gasteiger partial charge in [0, 0.05) is 18.3 Å². The smallest absolute Gasteiger partial charge is 0.257 e. The van der Waals surface area contributed by atoms with Gasteiger partial charge >= 0.3 is 0 Å². The molecule has 3 nitrogen and oxygen atoms in total. The number of carbonyl (C=O) groups is 1. The Morgan fingerprint density at radius 3 is 2.78 bits per heavy atom. The highest BCUT2D eigenvalue weighted by Gasteiger charge is 2.33. The molecule has 1 saturated carbocycles. The van der Waals surface area contributed by atoms with Crippen molar-refractivity contribution in [3.05, 3.63) is 28.8 Å². The summed E-state index contributed by atoms with van der Waals surface area (Å²) >= 11 is 6.10. The van der Waals surface area contributed by atoms with E-state index in [0.29, 0.717) is 22.3 Å². The van der Waals surface area contributed by atoms with Crippen LogP contribution in [0.4, 0.5) is 5.69 Å². The molecule has 1 aromatic rings. The summed E-state index contributed by atoms with van der Waals surface area (Å²) in [5.41, 5.74) is 6.80. The Hall–Kier alpha value is -1.22. The highest BCUT2D eigenvalue weighted by Crippen LogP contribution is 2.31.